The van der Waals surface area contributed by atoms with Crippen LogP contribution in [0.4, 0.5) is 0 Å². The standard InChI is InChI=1S/C21H44/c1-11-19(9,12-2)18(7,8)17-21(15-5,16-6)20(10,13-3)14-4/h11-17H2,1-10H3. The van der Waals surface area contributed by atoms with Crippen molar-refractivity contribution in [2.24, 2.45) is 21.7 Å². The molecule has 0 rings (SSSR count). The lowest BCUT2D eigenvalue weighted by Gasteiger charge is -2.55. The van der Waals surface area contributed by atoms with Crippen molar-refractivity contribution in [2.75, 3.05) is 0 Å². The Morgan fingerprint density at radius 2 is 0.810 bits per heavy atom. The highest BCUT2D eigenvalue weighted by atomic mass is 14.5. The molecule has 0 aliphatic heterocycles. The quantitative estimate of drug-likeness (QED) is 0.385. The Kier molecular flexibility index (Phi) is 7.51. The highest BCUT2D eigenvalue weighted by Gasteiger charge is 2.49. The molecule has 0 saturated carbocycles. The van der Waals surface area contributed by atoms with Gasteiger partial charge in [0.1, 0.15) is 0 Å². The summed E-state index contributed by atoms with van der Waals surface area (Å²) in [5, 5.41) is 0. The van der Waals surface area contributed by atoms with E-state index in [4.69, 9.17) is 0 Å². The molecular weight excluding hydrogens is 252 g/mol. The molecular formula is C21H44. The van der Waals surface area contributed by atoms with E-state index < -0.39 is 0 Å². The summed E-state index contributed by atoms with van der Waals surface area (Å²) in [5.74, 6) is 0. The van der Waals surface area contributed by atoms with Gasteiger partial charge in [-0.1, -0.05) is 94.9 Å². The Hall–Kier alpha value is 0. The van der Waals surface area contributed by atoms with E-state index in [1.165, 1.54) is 44.9 Å². The van der Waals surface area contributed by atoms with Crippen LogP contribution in [0, 0.1) is 21.7 Å². The van der Waals surface area contributed by atoms with Crippen LogP contribution in [0.15, 0.2) is 0 Å². The Morgan fingerprint density at radius 1 is 0.476 bits per heavy atom. The first-order valence-corrected chi connectivity index (χ1v) is 9.57. The highest BCUT2D eigenvalue weighted by molar-refractivity contribution is 4.99. The zero-order valence-electron chi connectivity index (χ0n) is 16.9. The largest absolute Gasteiger partial charge is 0.0648 e. The first kappa shape index (κ1) is 21.0. The van der Waals surface area contributed by atoms with E-state index in [-0.39, 0.29) is 0 Å². The van der Waals surface area contributed by atoms with Gasteiger partial charge < -0.3 is 0 Å². The molecule has 0 heteroatoms. The topological polar surface area (TPSA) is 0 Å². The number of rotatable bonds is 10. The van der Waals surface area contributed by atoms with Crippen LogP contribution in [-0.4, -0.2) is 0 Å². The van der Waals surface area contributed by atoms with Gasteiger partial charge in [-0.25, -0.2) is 0 Å². The molecule has 0 N–H and O–H groups in total. The van der Waals surface area contributed by atoms with Crippen LogP contribution < -0.4 is 0 Å². The fourth-order valence-electron chi connectivity index (χ4n) is 4.83. The van der Waals surface area contributed by atoms with Crippen LogP contribution in [-0.2, 0) is 0 Å². The minimum Gasteiger partial charge on any atom is -0.0648 e. The van der Waals surface area contributed by atoms with E-state index in [0.717, 1.165) is 0 Å². The number of hydrogen-bond donors (Lipinski definition) is 0. The van der Waals surface area contributed by atoms with E-state index in [9.17, 15) is 0 Å². The molecule has 0 aromatic heterocycles. The van der Waals surface area contributed by atoms with Crippen molar-refractivity contribution in [1.29, 1.82) is 0 Å². The Bertz CT molecular complexity index is 285. The third-order valence-electron chi connectivity index (χ3n) is 8.17. The van der Waals surface area contributed by atoms with Crippen molar-refractivity contribution < 1.29 is 0 Å². The molecule has 0 aromatic rings. The lowest BCUT2D eigenvalue weighted by atomic mass is 9.49. The smallest absolute Gasteiger partial charge is 0.0244 e. The van der Waals surface area contributed by atoms with E-state index in [0.29, 0.717) is 21.7 Å². The first-order valence-electron chi connectivity index (χ1n) is 9.57. The van der Waals surface area contributed by atoms with Crippen molar-refractivity contribution in [2.45, 2.75) is 114 Å². The van der Waals surface area contributed by atoms with Crippen molar-refractivity contribution in [3.05, 3.63) is 0 Å². The average molecular weight is 297 g/mol. The van der Waals surface area contributed by atoms with Gasteiger partial charge in [-0.05, 0) is 40.9 Å². The van der Waals surface area contributed by atoms with Crippen LogP contribution in [0.5, 0.6) is 0 Å². The normalized spacial score (nSPS) is 14.6. The molecule has 0 unspecified atom stereocenters. The second kappa shape index (κ2) is 7.51. The summed E-state index contributed by atoms with van der Waals surface area (Å²) in [6.45, 7) is 24.5. The van der Waals surface area contributed by atoms with Crippen LogP contribution in [0.2, 0.25) is 0 Å². The summed E-state index contributed by atoms with van der Waals surface area (Å²) in [5.41, 5.74) is 1.79. The summed E-state index contributed by atoms with van der Waals surface area (Å²) < 4.78 is 0. The van der Waals surface area contributed by atoms with E-state index in [2.05, 4.69) is 69.2 Å². The molecule has 0 heterocycles. The fraction of sp³-hybridized carbons (Fsp3) is 1.00. The monoisotopic (exact) mass is 296 g/mol. The summed E-state index contributed by atoms with van der Waals surface area (Å²) >= 11 is 0. The molecule has 0 aliphatic carbocycles. The van der Waals surface area contributed by atoms with Gasteiger partial charge in [0.05, 0.1) is 0 Å². The molecule has 0 nitrogen and oxygen atoms in total. The van der Waals surface area contributed by atoms with Gasteiger partial charge >= 0.3 is 0 Å². The van der Waals surface area contributed by atoms with Gasteiger partial charge in [-0.2, -0.15) is 0 Å². The zero-order chi connectivity index (χ0) is 16.9. The summed E-state index contributed by atoms with van der Waals surface area (Å²) in [6.07, 6.45) is 9.17. The van der Waals surface area contributed by atoms with Crippen molar-refractivity contribution in [3.63, 3.8) is 0 Å². The summed E-state index contributed by atoms with van der Waals surface area (Å²) in [7, 11) is 0. The molecule has 0 atom stereocenters. The van der Waals surface area contributed by atoms with Gasteiger partial charge in [0.15, 0.2) is 0 Å². The molecule has 0 bridgehead atoms. The lowest BCUT2D eigenvalue weighted by molar-refractivity contribution is -0.0549. The molecule has 0 aromatic carbocycles. The predicted molar refractivity (Wildman–Crippen MR) is 98.8 cm³/mol. The van der Waals surface area contributed by atoms with Gasteiger partial charge in [-0.15, -0.1) is 0 Å². The fourth-order valence-corrected chi connectivity index (χ4v) is 4.83. The second-order valence-electron chi connectivity index (χ2n) is 8.58. The van der Waals surface area contributed by atoms with Gasteiger partial charge in [0.2, 0.25) is 0 Å². The van der Waals surface area contributed by atoms with E-state index in [1.54, 1.807) is 0 Å². The van der Waals surface area contributed by atoms with Crippen molar-refractivity contribution in [3.8, 4) is 0 Å². The minimum atomic E-state index is 0.397. The van der Waals surface area contributed by atoms with Crippen LogP contribution >= 0.6 is 0 Å². The van der Waals surface area contributed by atoms with E-state index >= 15 is 0 Å². The molecule has 21 heavy (non-hydrogen) atoms. The van der Waals surface area contributed by atoms with Crippen molar-refractivity contribution in [1.82, 2.24) is 0 Å². The third-order valence-corrected chi connectivity index (χ3v) is 8.17. The van der Waals surface area contributed by atoms with Gasteiger partial charge in [0, 0.05) is 0 Å². The number of hydrogen-bond acceptors (Lipinski definition) is 0. The zero-order valence-corrected chi connectivity index (χ0v) is 16.9. The van der Waals surface area contributed by atoms with Crippen LogP contribution in [0.25, 0.3) is 0 Å². The molecule has 128 valence electrons. The maximum Gasteiger partial charge on any atom is -0.0244 e. The Labute approximate surface area is 136 Å². The SMILES string of the molecule is CCC(C)(CC)C(C)(C)CC(CC)(CC)C(C)(CC)CC. The van der Waals surface area contributed by atoms with Gasteiger partial charge in [-0.3, -0.25) is 0 Å². The lowest BCUT2D eigenvalue weighted by Crippen LogP contribution is -2.46. The maximum atomic E-state index is 2.55. The molecule has 0 aliphatic rings. The Balaban J connectivity index is 5.73. The van der Waals surface area contributed by atoms with Crippen LogP contribution in [0.3, 0.4) is 0 Å². The van der Waals surface area contributed by atoms with E-state index in [1.807, 2.05) is 0 Å². The Morgan fingerprint density at radius 3 is 1.05 bits per heavy atom. The molecule has 0 spiro atoms. The third kappa shape index (κ3) is 3.67. The molecule has 0 radical (unpaired) electrons. The molecule has 0 fully saturated rings. The summed E-state index contributed by atoms with van der Waals surface area (Å²) in [4.78, 5) is 0. The predicted octanol–water partition coefficient (Wildman–Crippen LogP) is 7.86. The summed E-state index contributed by atoms with van der Waals surface area (Å²) in [6, 6.07) is 0. The minimum absolute atomic E-state index is 0.397. The average Bonchev–Trinajstić information content (AvgIpc) is 2.50. The van der Waals surface area contributed by atoms with Gasteiger partial charge in [0.25, 0.3) is 0 Å². The first-order chi connectivity index (χ1) is 9.57. The van der Waals surface area contributed by atoms with Crippen LogP contribution in [0.1, 0.15) is 114 Å². The molecule has 0 saturated heterocycles. The highest BCUT2D eigenvalue weighted by Crippen LogP contribution is 2.59. The maximum absolute atomic E-state index is 2.55. The van der Waals surface area contributed by atoms with Crippen molar-refractivity contribution >= 4 is 0 Å². The molecule has 0 amide bonds. The second-order valence-corrected chi connectivity index (χ2v) is 8.58.